The summed E-state index contributed by atoms with van der Waals surface area (Å²) in [6.07, 6.45) is 0. The normalized spacial score (nSPS) is 10.6. The van der Waals surface area contributed by atoms with E-state index in [1.165, 1.54) is 0 Å². The van der Waals surface area contributed by atoms with Crippen LogP contribution in [0.4, 0.5) is 5.69 Å². The van der Waals surface area contributed by atoms with E-state index in [4.69, 9.17) is 15.4 Å². The molecule has 0 radical (unpaired) electrons. The number of carboxylic acid groups (broad SMARTS) is 1. The van der Waals surface area contributed by atoms with Crippen molar-refractivity contribution in [2.75, 3.05) is 5.73 Å². The van der Waals surface area contributed by atoms with Crippen LogP contribution in [0.2, 0.25) is 0 Å². The van der Waals surface area contributed by atoms with Gasteiger partial charge in [-0.25, -0.2) is 4.79 Å². The Hall–Kier alpha value is -0.800. The van der Waals surface area contributed by atoms with E-state index in [2.05, 4.69) is 0 Å². The minimum atomic E-state index is -4.62. The second-order valence-corrected chi connectivity index (χ2v) is 4.06. The third-order valence-corrected chi connectivity index (χ3v) is 2.53. The van der Waals surface area contributed by atoms with Gasteiger partial charge in [0.25, 0.3) is 10.1 Å². The van der Waals surface area contributed by atoms with Gasteiger partial charge in [0.1, 0.15) is 4.90 Å². The van der Waals surface area contributed by atoms with Crippen molar-refractivity contribution in [3.05, 3.63) is 17.7 Å². The Balaban J connectivity index is 0.00000225. The van der Waals surface area contributed by atoms with Crippen LogP contribution in [-0.2, 0) is 10.1 Å². The molecule has 0 fully saturated rings. The van der Waals surface area contributed by atoms with E-state index in [1.54, 1.807) is 0 Å². The summed E-state index contributed by atoms with van der Waals surface area (Å²) in [4.78, 5) is 9.67. The summed E-state index contributed by atoms with van der Waals surface area (Å²) in [5.74, 6) is -2.56. The van der Waals surface area contributed by atoms with Crippen LogP contribution in [0.5, 0.6) is 5.75 Å². The smallest absolute Gasteiger partial charge is 0.872 e. The first-order chi connectivity index (χ1) is 6.73. The first-order valence-electron chi connectivity index (χ1n) is 3.55. The second kappa shape index (κ2) is 5.02. The number of benzene rings is 1. The molecule has 1 aromatic carbocycles. The van der Waals surface area contributed by atoms with Gasteiger partial charge in [0.2, 0.25) is 0 Å². The van der Waals surface area contributed by atoms with Gasteiger partial charge >= 0.3 is 35.5 Å². The molecule has 0 aromatic heterocycles. The number of nitrogen functional groups attached to an aromatic ring is 1. The molecule has 7 nitrogen and oxygen atoms in total. The number of carbonyl (C=O) groups is 1. The van der Waals surface area contributed by atoms with Crippen molar-refractivity contribution in [1.29, 1.82) is 0 Å². The van der Waals surface area contributed by atoms with Crippen molar-refractivity contribution in [3.8, 4) is 5.75 Å². The first-order valence-corrected chi connectivity index (χ1v) is 4.99. The second-order valence-electron chi connectivity index (χ2n) is 2.67. The van der Waals surface area contributed by atoms with Gasteiger partial charge in [0.15, 0.2) is 0 Å². The zero-order chi connectivity index (χ0) is 11.8. The fourth-order valence-electron chi connectivity index (χ4n) is 0.968. The molecule has 9 heteroatoms. The van der Waals surface area contributed by atoms with E-state index in [0.717, 1.165) is 0 Å². The summed E-state index contributed by atoms with van der Waals surface area (Å²) < 4.78 is 30.0. The topological polar surface area (TPSA) is 141 Å². The molecule has 0 spiro atoms. The number of hydrogen-bond donors (Lipinski definition) is 3. The van der Waals surface area contributed by atoms with E-state index in [0.29, 0.717) is 12.1 Å². The Bertz CT molecular complexity index is 526. The Morgan fingerprint density at radius 3 is 2.25 bits per heavy atom. The molecule has 0 unspecified atom stereocenters. The number of aromatic carboxylic acids is 1. The minimum absolute atomic E-state index is 0. The number of nitrogens with two attached hydrogens (primary N) is 1. The first kappa shape index (κ1) is 15.2. The van der Waals surface area contributed by atoms with Crippen LogP contribution in [-0.4, -0.2) is 24.0 Å². The van der Waals surface area contributed by atoms with Crippen molar-refractivity contribution >= 4 is 21.8 Å². The molecule has 4 N–H and O–H groups in total. The zero-order valence-electron chi connectivity index (χ0n) is 8.17. The largest absolute Gasteiger partial charge is 1.00 e. The molecule has 1 rings (SSSR count). The van der Waals surface area contributed by atoms with Gasteiger partial charge < -0.3 is 15.9 Å². The van der Waals surface area contributed by atoms with Crippen LogP contribution in [0, 0.1) is 0 Å². The number of carboxylic acids is 1. The summed E-state index contributed by atoms with van der Waals surface area (Å²) >= 11 is 0. The predicted molar refractivity (Wildman–Crippen MR) is 47.1 cm³/mol. The third kappa shape index (κ3) is 3.09. The molecule has 0 saturated heterocycles. The van der Waals surface area contributed by atoms with Crippen LogP contribution >= 0.6 is 0 Å². The Morgan fingerprint density at radius 1 is 1.38 bits per heavy atom. The average Bonchev–Trinajstić information content (AvgIpc) is 2.06. The molecule has 0 amide bonds. The van der Waals surface area contributed by atoms with E-state index in [1.807, 2.05) is 0 Å². The summed E-state index contributed by atoms with van der Waals surface area (Å²) in [6, 6.07) is 1.15. The van der Waals surface area contributed by atoms with E-state index in [9.17, 15) is 18.3 Å². The maximum absolute atomic E-state index is 11.1. The molecule has 0 heterocycles. The standard InChI is InChI=1S/C7H7NO6S.Na/c8-4-1-3(7(10)11)5(9)2-6(4)15(12,13)14;/h1-2,9H,8H2,(H,10,11)(H,12,13,14);/q;+1/p-1. The summed E-state index contributed by atoms with van der Waals surface area (Å²) in [5.41, 5.74) is 4.03. The molecule has 0 aliphatic rings. The van der Waals surface area contributed by atoms with E-state index >= 15 is 0 Å². The van der Waals surface area contributed by atoms with Crippen molar-refractivity contribution in [1.82, 2.24) is 0 Å². The molecule has 1 aromatic rings. The van der Waals surface area contributed by atoms with Gasteiger partial charge in [0, 0.05) is 0 Å². The monoisotopic (exact) mass is 255 g/mol. The predicted octanol–water partition coefficient (Wildman–Crippen LogP) is -3.71. The maximum Gasteiger partial charge on any atom is 1.00 e. The van der Waals surface area contributed by atoms with Gasteiger partial charge in [-0.1, -0.05) is 5.75 Å². The van der Waals surface area contributed by atoms with Crippen LogP contribution in [0.15, 0.2) is 17.0 Å². The maximum atomic E-state index is 11.1. The molecule has 82 valence electrons. The summed E-state index contributed by atoms with van der Waals surface area (Å²) in [6.45, 7) is 0. The average molecular weight is 255 g/mol. The van der Waals surface area contributed by atoms with E-state index < -0.39 is 38.0 Å². The molecular formula is C7H6NNaO6S. The molecule has 0 atom stereocenters. The Kier molecular flexibility index (Phi) is 4.77. The van der Waals surface area contributed by atoms with Crippen LogP contribution in [0.1, 0.15) is 10.4 Å². The van der Waals surface area contributed by atoms with Crippen molar-refractivity contribution < 1.29 is 57.5 Å². The fraction of sp³-hybridized carbons (Fsp3) is 0. The zero-order valence-corrected chi connectivity index (χ0v) is 11.0. The van der Waals surface area contributed by atoms with Crippen LogP contribution in [0.3, 0.4) is 0 Å². The fourth-order valence-corrected chi connectivity index (χ4v) is 1.58. The molecular weight excluding hydrogens is 249 g/mol. The molecule has 0 saturated carbocycles. The van der Waals surface area contributed by atoms with Crippen molar-refractivity contribution in [3.63, 3.8) is 0 Å². The van der Waals surface area contributed by atoms with Gasteiger partial charge in [0.05, 0.1) is 11.3 Å². The van der Waals surface area contributed by atoms with Crippen LogP contribution < -0.4 is 40.4 Å². The Labute approximate surface area is 113 Å². The summed E-state index contributed by atoms with van der Waals surface area (Å²) in [7, 11) is -4.62. The van der Waals surface area contributed by atoms with Crippen LogP contribution in [0.25, 0.3) is 0 Å². The molecule has 0 aliphatic heterocycles. The van der Waals surface area contributed by atoms with Gasteiger partial charge in [-0.2, -0.15) is 8.42 Å². The number of anilines is 1. The minimum Gasteiger partial charge on any atom is -0.872 e. The quantitative estimate of drug-likeness (QED) is 0.280. The van der Waals surface area contributed by atoms with Gasteiger partial charge in [-0.05, 0) is 12.1 Å². The third-order valence-electron chi connectivity index (χ3n) is 1.62. The van der Waals surface area contributed by atoms with Crippen molar-refractivity contribution in [2.24, 2.45) is 0 Å². The number of hydrogen-bond acceptors (Lipinski definition) is 5. The Morgan fingerprint density at radius 2 is 1.88 bits per heavy atom. The van der Waals surface area contributed by atoms with Crippen molar-refractivity contribution in [2.45, 2.75) is 4.90 Å². The molecule has 0 bridgehead atoms. The number of rotatable bonds is 2. The SMILES string of the molecule is Nc1cc(C(=O)O)c([O-])cc1S(=O)(=O)O.[Na+]. The molecule has 0 aliphatic carbocycles. The summed E-state index contributed by atoms with van der Waals surface area (Å²) in [5, 5.41) is 19.6. The van der Waals surface area contributed by atoms with Gasteiger partial charge in [-0.3, -0.25) is 4.55 Å². The molecule has 16 heavy (non-hydrogen) atoms. The van der Waals surface area contributed by atoms with Gasteiger partial charge in [-0.15, -0.1) is 0 Å². The van der Waals surface area contributed by atoms with E-state index in [-0.39, 0.29) is 29.6 Å².